The number of pyridine rings is 1. The highest BCUT2D eigenvalue weighted by atomic mass is 16.3. The van der Waals surface area contributed by atoms with Crippen molar-refractivity contribution in [2.24, 2.45) is 5.73 Å². The molecule has 1 aromatic heterocycles. The third-order valence-corrected chi connectivity index (χ3v) is 5.10. The number of aromatic nitrogens is 1. The molecule has 154 valence electrons. The zero-order valence-electron chi connectivity index (χ0n) is 16.2. The highest BCUT2D eigenvalue weighted by Gasteiger charge is 2.26. The van der Waals surface area contributed by atoms with Crippen molar-refractivity contribution in [3.8, 4) is 5.75 Å². The van der Waals surface area contributed by atoms with Crippen LogP contribution in [0.15, 0.2) is 48.7 Å². The summed E-state index contributed by atoms with van der Waals surface area (Å²) >= 11 is 0. The van der Waals surface area contributed by atoms with Crippen LogP contribution in [0.5, 0.6) is 5.75 Å². The number of rotatable bonds is 4. The van der Waals surface area contributed by atoms with Crippen molar-refractivity contribution in [2.45, 2.75) is 25.3 Å². The summed E-state index contributed by atoms with van der Waals surface area (Å²) in [6.07, 6.45) is 1.51. The van der Waals surface area contributed by atoms with Gasteiger partial charge in [-0.1, -0.05) is 12.1 Å². The molecule has 0 saturated carbocycles. The first-order valence-electron chi connectivity index (χ1n) is 9.47. The van der Waals surface area contributed by atoms with Gasteiger partial charge in [0.15, 0.2) is 6.23 Å². The van der Waals surface area contributed by atoms with Crippen LogP contribution in [0.3, 0.4) is 0 Å². The zero-order chi connectivity index (χ0) is 21.4. The molecule has 3 atom stereocenters. The van der Waals surface area contributed by atoms with Gasteiger partial charge < -0.3 is 31.7 Å². The average molecular weight is 406 g/mol. The topological polar surface area (TPSA) is 141 Å². The zero-order valence-corrected chi connectivity index (χ0v) is 16.2. The number of nitrogens with two attached hydrogens (primary N) is 1. The molecule has 0 aliphatic carbocycles. The third kappa shape index (κ3) is 3.59. The number of benzene rings is 2. The van der Waals surface area contributed by atoms with Crippen LogP contribution >= 0.6 is 0 Å². The minimum atomic E-state index is -1.05. The number of carbonyl (C=O) groups excluding carboxylic acids is 1. The maximum Gasteiger partial charge on any atom is 0.243 e. The fourth-order valence-electron chi connectivity index (χ4n) is 3.43. The summed E-state index contributed by atoms with van der Waals surface area (Å²) in [6, 6.07) is 11.1. The molecule has 0 bridgehead atoms. The summed E-state index contributed by atoms with van der Waals surface area (Å²) in [5, 5.41) is 36.5. The third-order valence-electron chi connectivity index (χ3n) is 5.10. The van der Waals surface area contributed by atoms with Crippen LogP contribution in [0.4, 0.5) is 11.4 Å². The molecule has 1 aliphatic rings. The quantitative estimate of drug-likeness (QED) is 0.388. The average Bonchev–Trinajstić information content (AvgIpc) is 3.04. The Labute approximate surface area is 172 Å². The van der Waals surface area contributed by atoms with Gasteiger partial charge in [0.2, 0.25) is 5.91 Å². The lowest BCUT2D eigenvalue weighted by Crippen LogP contribution is -2.43. The first-order chi connectivity index (χ1) is 14.3. The number of hydrogen-bond acceptors (Lipinski definition) is 7. The van der Waals surface area contributed by atoms with Crippen molar-refractivity contribution in [3.63, 3.8) is 0 Å². The summed E-state index contributed by atoms with van der Waals surface area (Å²) in [5.41, 5.74) is 9.48. The Balaban J connectivity index is 1.73. The molecule has 1 unspecified atom stereocenters. The van der Waals surface area contributed by atoms with Gasteiger partial charge in [-0.05, 0) is 48.9 Å². The molecule has 0 fully saturated rings. The maximum absolute atomic E-state index is 12.2. The minimum Gasteiger partial charge on any atom is -0.506 e. The minimum absolute atomic E-state index is 0.0812. The van der Waals surface area contributed by atoms with Gasteiger partial charge >= 0.3 is 0 Å². The molecular weight excluding hydrogens is 384 g/mol. The molecule has 30 heavy (non-hydrogen) atoms. The van der Waals surface area contributed by atoms with E-state index in [9.17, 15) is 20.1 Å². The lowest BCUT2D eigenvalue weighted by Gasteiger charge is -2.15. The molecule has 0 saturated heterocycles. The number of fused-ring (bicyclic) bond motifs is 2. The number of anilines is 2. The number of nitrogens with one attached hydrogen (secondary N) is 2. The van der Waals surface area contributed by atoms with Gasteiger partial charge in [-0.25, -0.2) is 0 Å². The number of aliphatic hydroxyl groups excluding tert-OH is 2. The molecule has 1 amide bonds. The molecule has 2 heterocycles. The highest BCUT2D eigenvalue weighted by molar-refractivity contribution is 6.02. The molecule has 2 aromatic carbocycles. The van der Waals surface area contributed by atoms with E-state index in [0.717, 1.165) is 16.5 Å². The van der Waals surface area contributed by atoms with Crippen LogP contribution in [0.1, 0.15) is 18.1 Å². The van der Waals surface area contributed by atoms with Crippen LogP contribution in [-0.2, 0) is 4.79 Å². The molecule has 8 heteroatoms. The number of amides is 1. The van der Waals surface area contributed by atoms with E-state index in [0.29, 0.717) is 22.5 Å². The second kappa shape index (κ2) is 7.75. The molecule has 8 nitrogen and oxygen atoms in total. The van der Waals surface area contributed by atoms with Gasteiger partial charge in [0.05, 0.1) is 6.10 Å². The first kappa shape index (κ1) is 19.8. The summed E-state index contributed by atoms with van der Waals surface area (Å²) in [7, 11) is 0. The van der Waals surface area contributed by atoms with Crippen molar-refractivity contribution in [3.05, 3.63) is 59.8 Å². The van der Waals surface area contributed by atoms with Crippen molar-refractivity contribution in [2.75, 3.05) is 10.6 Å². The largest absolute Gasteiger partial charge is 0.506 e. The van der Waals surface area contributed by atoms with E-state index < -0.39 is 24.3 Å². The monoisotopic (exact) mass is 406 g/mol. The van der Waals surface area contributed by atoms with Gasteiger partial charge in [-0.2, -0.15) is 0 Å². The molecular formula is C22H22N4O4. The van der Waals surface area contributed by atoms with Crippen LogP contribution < -0.4 is 16.4 Å². The number of aromatic hydroxyl groups is 1. The Kier molecular flexibility index (Phi) is 5.13. The Morgan fingerprint density at radius 1 is 1.30 bits per heavy atom. The van der Waals surface area contributed by atoms with Gasteiger partial charge in [0.25, 0.3) is 0 Å². The van der Waals surface area contributed by atoms with Gasteiger partial charge in [0.1, 0.15) is 17.3 Å². The van der Waals surface area contributed by atoms with Gasteiger partial charge in [-0.15, -0.1) is 0 Å². The fraction of sp³-hybridized carbons (Fsp3) is 0.182. The Morgan fingerprint density at radius 3 is 2.87 bits per heavy atom. The predicted octanol–water partition coefficient (Wildman–Crippen LogP) is 1.87. The molecule has 0 spiro atoms. The summed E-state index contributed by atoms with van der Waals surface area (Å²) in [5.74, 6) is -0.421. The number of nitrogens with zero attached hydrogens (tertiary/aromatic N) is 1. The van der Waals surface area contributed by atoms with E-state index in [4.69, 9.17) is 5.73 Å². The Bertz CT molecular complexity index is 1160. The summed E-state index contributed by atoms with van der Waals surface area (Å²) < 4.78 is 0. The van der Waals surface area contributed by atoms with Crippen LogP contribution in [0, 0.1) is 0 Å². The van der Waals surface area contributed by atoms with Crippen molar-refractivity contribution >= 4 is 39.8 Å². The number of aliphatic hydroxyl groups is 2. The number of carbonyl (C=O) groups is 1. The number of phenols is 1. The maximum atomic E-state index is 12.2. The lowest BCUT2D eigenvalue weighted by atomic mass is 10.00. The van der Waals surface area contributed by atoms with Crippen molar-refractivity contribution in [1.29, 1.82) is 0 Å². The van der Waals surface area contributed by atoms with Gasteiger partial charge in [0, 0.05) is 34.1 Å². The van der Waals surface area contributed by atoms with Crippen molar-refractivity contribution in [1.82, 2.24) is 4.98 Å². The van der Waals surface area contributed by atoms with E-state index in [1.807, 2.05) is 12.1 Å². The molecule has 0 radical (unpaired) electrons. The lowest BCUT2D eigenvalue weighted by molar-refractivity contribution is -0.119. The summed E-state index contributed by atoms with van der Waals surface area (Å²) in [4.78, 5) is 16.4. The summed E-state index contributed by atoms with van der Waals surface area (Å²) in [6.45, 7) is 1.45. The van der Waals surface area contributed by atoms with Gasteiger partial charge in [-0.3, -0.25) is 9.78 Å². The Morgan fingerprint density at radius 2 is 2.10 bits per heavy atom. The number of phenolic OH excluding ortho intramolecular Hbond substituents is 1. The van der Waals surface area contributed by atoms with E-state index in [1.165, 1.54) is 6.92 Å². The molecule has 1 aliphatic heterocycles. The second-order valence-corrected chi connectivity index (χ2v) is 7.24. The smallest absolute Gasteiger partial charge is 0.243 e. The normalized spacial score (nSPS) is 18.7. The SMILES string of the molecule is C[C@@H](O)[C@H](N)C(=O)Nc1ccc2c(c1)C(=Cc1ccc(O)c3ncccc13)C(O)N2. The van der Waals surface area contributed by atoms with Crippen LogP contribution in [-0.4, -0.2) is 44.6 Å². The predicted molar refractivity (Wildman–Crippen MR) is 116 cm³/mol. The first-order valence-corrected chi connectivity index (χ1v) is 9.47. The molecule has 4 rings (SSSR count). The fourth-order valence-corrected chi connectivity index (χ4v) is 3.43. The highest BCUT2D eigenvalue weighted by Crippen LogP contribution is 2.38. The second-order valence-electron chi connectivity index (χ2n) is 7.24. The standard InChI is InChI=1S/C22H22N4O4/c1-11(27)19(23)22(30)25-13-5-6-17-15(10-13)16(21(29)26-17)9-12-4-7-18(28)20-14(12)3-2-8-24-20/h2-11,19,21,26-29H,23H2,1H3,(H,25,30)/t11-,19+,21?/m1/s1. The van der Waals surface area contributed by atoms with E-state index in [2.05, 4.69) is 15.6 Å². The number of hydrogen-bond donors (Lipinski definition) is 6. The van der Waals surface area contributed by atoms with Crippen LogP contribution in [0.2, 0.25) is 0 Å². The molecule has 7 N–H and O–H groups in total. The molecule has 3 aromatic rings. The van der Waals surface area contributed by atoms with E-state index >= 15 is 0 Å². The van der Waals surface area contributed by atoms with Crippen LogP contribution in [0.25, 0.3) is 22.6 Å². The van der Waals surface area contributed by atoms with E-state index in [-0.39, 0.29) is 5.75 Å². The van der Waals surface area contributed by atoms with Crippen molar-refractivity contribution < 1.29 is 20.1 Å². The Hall–Kier alpha value is -3.46. The van der Waals surface area contributed by atoms with E-state index in [1.54, 1.807) is 42.6 Å².